The molecule has 1 amide bonds. The summed E-state index contributed by atoms with van der Waals surface area (Å²) in [5.74, 6) is -0.359. The minimum absolute atomic E-state index is 0.00928. The Labute approximate surface area is 123 Å². The molecule has 108 valence electrons. The number of halogens is 1. The third kappa shape index (κ3) is 3.51. The van der Waals surface area contributed by atoms with Gasteiger partial charge in [-0.05, 0) is 45.0 Å². The number of esters is 1. The molecule has 1 unspecified atom stereocenters. The molecule has 4 nitrogen and oxygen atoms in total. The van der Waals surface area contributed by atoms with E-state index in [0.29, 0.717) is 18.5 Å². The largest absolute Gasteiger partial charge is 0.456 e. The van der Waals surface area contributed by atoms with E-state index in [1.807, 2.05) is 20.8 Å². The van der Waals surface area contributed by atoms with Gasteiger partial charge in [-0.15, -0.1) is 11.6 Å². The van der Waals surface area contributed by atoms with Crippen molar-refractivity contribution in [2.45, 2.75) is 38.2 Å². The summed E-state index contributed by atoms with van der Waals surface area (Å²) >= 11 is 5.97. The maximum Gasteiger partial charge on any atom is 0.338 e. The van der Waals surface area contributed by atoms with E-state index in [9.17, 15) is 9.59 Å². The van der Waals surface area contributed by atoms with Gasteiger partial charge in [-0.3, -0.25) is 4.79 Å². The number of benzene rings is 1. The molecule has 1 fully saturated rings. The van der Waals surface area contributed by atoms with Crippen LogP contribution in [0.1, 0.15) is 37.6 Å². The predicted molar refractivity (Wildman–Crippen MR) is 78.2 cm³/mol. The van der Waals surface area contributed by atoms with Gasteiger partial charge in [0.15, 0.2) is 0 Å². The molecular weight excluding hydrogens is 278 g/mol. The van der Waals surface area contributed by atoms with Crippen LogP contribution in [0.2, 0.25) is 0 Å². The van der Waals surface area contributed by atoms with Gasteiger partial charge in [0.05, 0.1) is 10.9 Å². The van der Waals surface area contributed by atoms with Crippen LogP contribution in [0.3, 0.4) is 0 Å². The quantitative estimate of drug-likeness (QED) is 0.622. The first-order valence-electron chi connectivity index (χ1n) is 6.54. The summed E-state index contributed by atoms with van der Waals surface area (Å²) in [5, 5.41) is -0.145. The topological polar surface area (TPSA) is 46.6 Å². The second kappa shape index (κ2) is 5.44. The summed E-state index contributed by atoms with van der Waals surface area (Å²) in [7, 11) is 0. The first-order chi connectivity index (χ1) is 9.26. The Balaban J connectivity index is 2.11. The molecule has 20 heavy (non-hydrogen) atoms. The SMILES string of the molecule is CC(C)(C)OC(=O)c1ccc(N2CC(Cl)CC2=O)cc1. The van der Waals surface area contributed by atoms with Crippen LogP contribution in [-0.4, -0.2) is 29.4 Å². The Hall–Kier alpha value is -1.55. The normalized spacial score (nSPS) is 19.3. The highest BCUT2D eigenvalue weighted by Gasteiger charge is 2.29. The first kappa shape index (κ1) is 14.9. The molecule has 1 aromatic rings. The van der Waals surface area contributed by atoms with Gasteiger partial charge in [-0.2, -0.15) is 0 Å². The minimum atomic E-state index is -0.521. The average molecular weight is 296 g/mol. The lowest BCUT2D eigenvalue weighted by molar-refractivity contribution is -0.117. The molecule has 2 rings (SSSR count). The first-order valence-corrected chi connectivity index (χ1v) is 6.98. The molecule has 0 spiro atoms. The van der Waals surface area contributed by atoms with Crippen molar-refractivity contribution < 1.29 is 14.3 Å². The fourth-order valence-electron chi connectivity index (χ4n) is 2.03. The molecule has 1 aromatic carbocycles. The lowest BCUT2D eigenvalue weighted by Gasteiger charge is -2.20. The van der Waals surface area contributed by atoms with Gasteiger partial charge in [-0.1, -0.05) is 0 Å². The number of hydrogen-bond donors (Lipinski definition) is 0. The molecule has 1 heterocycles. The average Bonchev–Trinajstić information content (AvgIpc) is 2.66. The van der Waals surface area contributed by atoms with Crippen molar-refractivity contribution in [3.05, 3.63) is 29.8 Å². The van der Waals surface area contributed by atoms with E-state index in [-0.39, 0.29) is 17.3 Å². The van der Waals surface area contributed by atoms with E-state index in [1.165, 1.54) is 0 Å². The van der Waals surface area contributed by atoms with E-state index in [2.05, 4.69) is 0 Å². The Bertz CT molecular complexity index is 519. The van der Waals surface area contributed by atoms with Crippen molar-refractivity contribution in [1.82, 2.24) is 0 Å². The molecule has 0 aromatic heterocycles. The van der Waals surface area contributed by atoms with Crippen LogP contribution in [0, 0.1) is 0 Å². The number of ether oxygens (including phenoxy) is 1. The van der Waals surface area contributed by atoms with Gasteiger partial charge in [0.1, 0.15) is 5.60 Å². The van der Waals surface area contributed by atoms with Crippen molar-refractivity contribution in [3.8, 4) is 0 Å². The van der Waals surface area contributed by atoms with E-state index in [4.69, 9.17) is 16.3 Å². The van der Waals surface area contributed by atoms with Gasteiger partial charge in [0.25, 0.3) is 0 Å². The van der Waals surface area contributed by atoms with Crippen molar-refractivity contribution in [3.63, 3.8) is 0 Å². The monoisotopic (exact) mass is 295 g/mol. The summed E-state index contributed by atoms with van der Waals surface area (Å²) in [4.78, 5) is 25.3. The van der Waals surface area contributed by atoms with Crippen LogP contribution in [-0.2, 0) is 9.53 Å². The number of rotatable bonds is 2. The fourth-order valence-corrected chi connectivity index (χ4v) is 2.30. The lowest BCUT2D eigenvalue weighted by Crippen LogP contribution is -2.25. The Morgan fingerprint density at radius 2 is 1.90 bits per heavy atom. The number of anilines is 1. The number of hydrogen-bond acceptors (Lipinski definition) is 3. The number of alkyl halides is 1. The third-order valence-corrected chi connectivity index (χ3v) is 3.18. The second-order valence-electron chi connectivity index (χ2n) is 5.85. The highest BCUT2D eigenvalue weighted by atomic mass is 35.5. The molecule has 1 aliphatic rings. The Kier molecular flexibility index (Phi) is 4.04. The second-order valence-corrected chi connectivity index (χ2v) is 6.47. The number of amides is 1. The van der Waals surface area contributed by atoms with Crippen molar-refractivity contribution in [2.75, 3.05) is 11.4 Å². The lowest BCUT2D eigenvalue weighted by atomic mass is 10.1. The minimum Gasteiger partial charge on any atom is -0.456 e. The molecule has 0 saturated carbocycles. The van der Waals surface area contributed by atoms with Crippen molar-refractivity contribution in [1.29, 1.82) is 0 Å². The summed E-state index contributed by atoms with van der Waals surface area (Å²) in [6.07, 6.45) is 0.357. The van der Waals surface area contributed by atoms with Crippen LogP contribution in [0.5, 0.6) is 0 Å². The highest BCUT2D eigenvalue weighted by molar-refractivity contribution is 6.24. The van der Waals surface area contributed by atoms with E-state index in [0.717, 1.165) is 5.69 Å². The zero-order chi connectivity index (χ0) is 14.9. The summed E-state index contributed by atoms with van der Waals surface area (Å²) in [6, 6.07) is 6.81. The van der Waals surface area contributed by atoms with Gasteiger partial charge < -0.3 is 9.64 Å². The Morgan fingerprint density at radius 3 is 2.35 bits per heavy atom. The van der Waals surface area contributed by atoms with E-state index < -0.39 is 5.60 Å². The van der Waals surface area contributed by atoms with Gasteiger partial charge >= 0.3 is 5.97 Å². The molecule has 1 saturated heterocycles. The van der Waals surface area contributed by atoms with Crippen LogP contribution in [0.25, 0.3) is 0 Å². The maximum atomic E-state index is 11.9. The molecule has 0 aliphatic carbocycles. The van der Waals surface area contributed by atoms with Crippen LogP contribution >= 0.6 is 11.6 Å². The highest BCUT2D eigenvalue weighted by Crippen LogP contribution is 2.25. The zero-order valence-electron chi connectivity index (χ0n) is 11.9. The van der Waals surface area contributed by atoms with Gasteiger partial charge in [-0.25, -0.2) is 4.79 Å². The zero-order valence-corrected chi connectivity index (χ0v) is 12.6. The third-order valence-electron chi connectivity index (χ3n) is 2.89. The molecule has 1 aliphatic heterocycles. The number of carbonyl (C=O) groups is 2. The molecule has 0 N–H and O–H groups in total. The molecule has 0 bridgehead atoms. The summed E-state index contributed by atoms with van der Waals surface area (Å²) < 4.78 is 5.29. The molecule has 1 atom stereocenters. The standard InChI is InChI=1S/C15H18ClNO3/c1-15(2,3)20-14(19)10-4-6-12(7-5-10)17-9-11(16)8-13(17)18/h4-7,11H,8-9H2,1-3H3. The Morgan fingerprint density at radius 1 is 1.30 bits per heavy atom. The van der Waals surface area contributed by atoms with Gasteiger partial charge in [0.2, 0.25) is 5.91 Å². The van der Waals surface area contributed by atoms with Crippen molar-refractivity contribution >= 4 is 29.2 Å². The van der Waals surface area contributed by atoms with E-state index in [1.54, 1.807) is 29.2 Å². The van der Waals surface area contributed by atoms with Crippen LogP contribution in [0.15, 0.2) is 24.3 Å². The fraction of sp³-hybridized carbons (Fsp3) is 0.467. The summed E-state index contributed by atoms with van der Waals surface area (Å²) in [5.41, 5.74) is 0.704. The molecular formula is C15H18ClNO3. The predicted octanol–water partition coefficient (Wildman–Crippen LogP) is 2.99. The maximum absolute atomic E-state index is 11.9. The summed E-state index contributed by atoms with van der Waals surface area (Å²) in [6.45, 7) is 5.97. The molecule has 5 heteroatoms. The van der Waals surface area contributed by atoms with Crippen LogP contribution in [0.4, 0.5) is 5.69 Å². The van der Waals surface area contributed by atoms with Gasteiger partial charge in [0, 0.05) is 18.7 Å². The van der Waals surface area contributed by atoms with E-state index >= 15 is 0 Å². The van der Waals surface area contributed by atoms with Crippen molar-refractivity contribution in [2.24, 2.45) is 0 Å². The number of nitrogens with zero attached hydrogens (tertiary/aromatic N) is 1. The van der Waals surface area contributed by atoms with Crippen LogP contribution < -0.4 is 4.90 Å². The smallest absolute Gasteiger partial charge is 0.338 e. The molecule has 0 radical (unpaired) electrons. The number of carbonyl (C=O) groups excluding carboxylic acids is 2.